The van der Waals surface area contributed by atoms with Crippen molar-refractivity contribution in [3.05, 3.63) is 34.9 Å². The molecule has 0 radical (unpaired) electrons. The highest BCUT2D eigenvalue weighted by molar-refractivity contribution is 8.00. The summed E-state index contributed by atoms with van der Waals surface area (Å²) in [6.07, 6.45) is 0.791. The highest BCUT2D eigenvalue weighted by atomic mass is 35.5. The zero-order chi connectivity index (χ0) is 17.1. The van der Waals surface area contributed by atoms with Gasteiger partial charge < -0.3 is 14.5 Å². The number of benzene rings is 1. The second-order valence-corrected chi connectivity index (χ2v) is 7.26. The van der Waals surface area contributed by atoms with Gasteiger partial charge in [0.05, 0.1) is 17.7 Å². The maximum Gasteiger partial charge on any atom is 0.248 e. The van der Waals surface area contributed by atoms with Gasteiger partial charge in [-0.2, -0.15) is 0 Å². The van der Waals surface area contributed by atoms with Gasteiger partial charge in [0.15, 0.2) is 0 Å². The summed E-state index contributed by atoms with van der Waals surface area (Å²) in [6, 6.07) is 7.05. The minimum Gasteiger partial charge on any atom is -0.382 e. The second kappa shape index (κ2) is 7.76. The molecule has 2 aliphatic heterocycles. The molecule has 0 bridgehead atoms. The summed E-state index contributed by atoms with van der Waals surface area (Å²) in [4.78, 5) is 28.3. The Morgan fingerprint density at radius 3 is 2.62 bits per heavy atom. The van der Waals surface area contributed by atoms with Crippen LogP contribution in [0.3, 0.4) is 0 Å². The SMILES string of the molecule is CCOCCCN1C(=O)C(N2CSCC2=O)C1c1ccc(Cl)cc1. The molecule has 0 N–H and O–H groups in total. The number of amides is 2. The van der Waals surface area contributed by atoms with Crippen LogP contribution < -0.4 is 0 Å². The van der Waals surface area contributed by atoms with Crippen LogP contribution in [-0.2, 0) is 14.3 Å². The van der Waals surface area contributed by atoms with Crippen LogP contribution in [0.25, 0.3) is 0 Å². The van der Waals surface area contributed by atoms with E-state index in [2.05, 4.69) is 0 Å². The van der Waals surface area contributed by atoms with E-state index >= 15 is 0 Å². The molecular weight excluding hydrogens is 348 g/mol. The number of β-lactam (4-membered cyclic amide) rings is 1. The molecule has 0 aliphatic carbocycles. The number of rotatable bonds is 7. The van der Waals surface area contributed by atoms with E-state index in [9.17, 15) is 9.59 Å². The highest BCUT2D eigenvalue weighted by Crippen LogP contribution is 2.40. The van der Waals surface area contributed by atoms with Gasteiger partial charge in [-0.25, -0.2) is 0 Å². The Morgan fingerprint density at radius 2 is 2.00 bits per heavy atom. The molecule has 3 rings (SSSR count). The quantitative estimate of drug-likeness (QED) is 0.548. The predicted octanol–water partition coefficient (Wildman–Crippen LogP) is 2.55. The average molecular weight is 369 g/mol. The molecule has 2 aliphatic rings. The van der Waals surface area contributed by atoms with Gasteiger partial charge in [-0.3, -0.25) is 9.59 Å². The van der Waals surface area contributed by atoms with Crippen molar-refractivity contribution in [3.63, 3.8) is 0 Å². The zero-order valence-electron chi connectivity index (χ0n) is 13.6. The minimum absolute atomic E-state index is 0.0299. The first-order chi connectivity index (χ1) is 11.6. The molecule has 130 valence electrons. The molecule has 1 aromatic rings. The predicted molar refractivity (Wildman–Crippen MR) is 95.0 cm³/mol. The maximum atomic E-state index is 12.7. The van der Waals surface area contributed by atoms with Gasteiger partial charge in [-0.1, -0.05) is 23.7 Å². The van der Waals surface area contributed by atoms with Crippen molar-refractivity contribution >= 4 is 35.2 Å². The topological polar surface area (TPSA) is 49.9 Å². The van der Waals surface area contributed by atoms with Gasteiger partial charge in [-0.15, -0.1) is 11.8 Å². The molecule has 0 aromatic heterocycles. The number of carbonyl (C=O) groups is 2. The van der Waals surface area contributed by atoms with Crippen LogP contribution in [0.15, 0.2) is 24.3 Å². The van der Waals surface area contributed by atoms with Crippen molar-refractivity contribution in [1.82, 2.24) is 9.80 Å². The van der Waals surface area contributed by atoms with E-state index in [1.165, 1.54) is 0 Å². The number of hydrogen-bond donors (Lipinski definition) is 0. The minimum atomic E-state index is -0.388. The van der Waals surface area contributed by atoms with E-state index < -0.39 is 0 Å². The molecule has 2 saturated heterocycles. The monoisotopic (exact) mass is 368 g/mol. The molecule has 0 spiro atoms. The third kappa shape index (κ3) is 3.41. The first-order valence-corrected chi connectivity index (χ1v) is 9.67. The first-order valence-electron chi connectivity index (χ1n) is 8.14. The average Bonchev–Trinajstić information content (AvgIpc) is 2.99. The lowest BCUT2D eigenvalue weighted by Gasteiger charge is -2.50. The van der Waals surface area contributed by atoms with Crippen LogP contribution in [0.1, 0.15) is 24.9 Å². The summed E-state index contributed by atoms with van der Waals surface area (Å²) in [5.74, 6) is 1.13. The molecular formula is C17H21ClN2O3S. The molecule has 0 saturated carbocycles. The van der Waals surface area contributed by atoms with Gasteiger partial charge in [0.25, 0.3) is 0 Å². The fraction of sp³-hybridized carbons (Fsp3) is 0.529. The Bertz CT molecular complexity index is 610. The summed E-state index contributed by atoms with van der Waals surface area (Å²) in [7, 11) is 0. The number of thioether (sulfide) groups is 1. The lowest BCUT2D eigenvalue weighted by atomic mass is 9.87. The van der Waals surface area contributed by atoms with E-state index in [1.54, 1.807) is 16.7 Å². The van der Waals surface area contributed by atoms with Gasteiger partial charge in [0, 0.05) is 24.8 Å². The third-order valence-electron chi connectivity index (χ3n) is 4.39. The zero-order valence-corrected chi connectivity index (χ0v) is 15.2. The normalized spacial score (nSPS) is 23.8. The largest absolute Gasteiger partial charge is 0.382 e. The summed E-state index contributed by atoms with van der Waals surface area (Å²) in [6.45, 7) is 3.91. The Hall–Kier alpha value is -1.24. The number of halogens is 1. The maximum absolute atomic E-state index is 12.7. The molecule has 1 aromatic carbocycles. The Labute approximate surface area is 151 Å². The van der Waals surface area contributed by atoms with E-state index in [0.717, 1.165) is 12.0 Å². The van der Waals surface area contributed by atoms with Gasteiger partial charge >= 0.3 is 0 Å². The Balaban J connectivity index is 1.77. The molecule has 2 amide bonds. The van der Waals surface area contributed by atoms with Crippen LogP contribution in [0.5, 0.6) is 0 Å². The van der Waals surface area contributed by atoms with Crippen LogP contribution >= 0.6 is 23.4 Å². The third-order valence-corrected chi connectivity index (χ3v) is 5.55. The van der Waals surface area contributed by atoms with Crippen LogP contribution in [0.2, 0.25) is 5.02 Å². The molecule has 2 heterocycles. The fourth-order valence-electron chi connectivity index (χ4n) is 3.21. The van der Waals surface area contributed by atoms with Gasteiger partial charge in [-0.05, 0) is 31.0 Å². The van der Waals surface area contributed by atoms with E-state index in [-0.39, 0.29) is 23.9 Å². The lowest BCUT2D eigenvalue weighted by molar-refractivity contribution is -0.164. The molecule has 2 fully saturated rings. The number of likely N-dealkylation sites (tertiary alicyclic amines) is 1. The van der Waals surface area contributed by atoms with Gasteiger partial charge in [0.1, 0.15) is 6.04 Å². The van der Waals surface area contributed by atoms with E-state index in [4.69, 9.17) is 16.3 Å². The summed E-state index contributed by atoms with van der Waals surface area (Å²) >= 11 is 7.54. The van der Waals surface area contributed by atoms with E-state index in [1.807, 2.05) is 36.1 Å². The van der Waals surface area contributed by atoms with Crippen LogP contribution in [0, 0.1) is 0 Å². The Morgan fingerprint density at radius 1 is 1.25 bits per heavy atom. The van der Waals surface area contributed by atoms with Crippen molar-refractivity contribution in [2.75, 3.05) is 31.4 Å². The van der Waals surface area contributed by atoms with Crippen LogP contribution in [0.4, 0.5) is 0 Å². The van der Waals surface area contributed by atoms with Crippen molar-refractivity contribution in [1.29, 1.82) is 0 Å². The molecule has 24 heavy (non-hydrogen) atoms. The van der Waals surface area contributed by atoms with Gasteiger partial charge in [0.2, 0.25) is 11.8 Å². The summed E-state index contributed by atoms with van der Waals surface area (Å²) < 4.78 is 5.36. The second-order valence-electron chi connectivity index (χ2n) is 5.86. The highest BCUT2D eigenvalue weighted by Gasteiger charge is 2.52. The smallest absolute Gasteiger partial charge is 0.248 e. The first kappa shape index (κ1) is 17.6. The number of hydrogen-bond acceptors (Lipinski definition) is 4. The summed E-state index contributed by atoms with van der Waals surface area (Å²) in [5.41, 5.74) is 1.02. The van der Waals surface area contributed by atoms with Crippen molar-refractivity contribution in [2.24, 2.45) is 0 Å². The molecule has 7 heteroatoms. The standard InChI is InChI=1S/C17H21ClN2O3S/c1-2-23-9-3-8-19-15(12-4-6-13(18)7-5-12)16(17(19)22)20-11-24-10-14(20)21/h4-7,15-16H,2-3,8-11H2,1H3. The molecule has 2 atom stereocenters. The van der Waals surface area contributed by atoms with Crippen molar-refractivity contribution < 1.29 is 14.3 Å². The number of ether oxygens (including phenoxy) is 1. The summed E-state index contributed by atoms with van der Waals surface area (Å²) in [5, 5.41) is 0.664. The number of nitrogens with zero attached hydrogens (tertiary/aromatic N) is 2. The van der Waals surface area contributed by atoms with Crippen molar-refractivity contribution in [2.45, 2.75) is 25.4 Å². The molecule has 5 nitrogen and oxygen atoms in total. The van der Waals surface area contributed by atoms with Crippen molar-refractivity contribution in [3.8, 4) is 0 Å². The van der Waals surface area contributed by atoms with E-state index in [0.29, 0.717) is 36.4 Å². The lowest BCUT2D eigenvalue weighted by Crippen LogP contribution is -2.66. The van der Waals surface area contributed by atoms with Crippen LogP contribution in [-0.4, -0.2) is 59.0 Å². The number of carbonyl (C=O) groups excluding carboxylic acids is 2. The fourth-order valence-corrected chi connectivity index (χ4v) is 4.27. The Kier molecular flexibility index (Phi) is 5.69. The molecule has 2 unspecified atom stereocenters.